The average molecular weight is 925 g/mol. The van der Waals surface area contributed by atoms with Crippen LogP contribution in [0.4, 0.5) is 5.69 Å². The topological polar surface area (TPSA) is 44.0 Å². The molecule has 7 unspecified atom stereocenters. The summed E-state index contributed by atoms with van der Waals surface area (Å²) in [6.07, 6.45) is 59.7. The third-order valence-corrected chi connectivity index (χ3v) is 18.5. The van der Waals surface area contributed by atoms with Crippen molar-refractivity contribution in [1.29, 1.82) is 0 Å². The maximum absolute atomic E-state index is 7.30. The number of nitrogens with one attached hydrogen (secondary N) is 1. The molecule has 0 bridgehead atoms. The Balaban J connectivity index is 0.948. The molecule has 1 aromatic carbocycles. The van der Waals surface area contributed by atoms with E-state index in [1.165, 1.54) is 113 Å². The molecule has 70 heavy (non-hydrogen) atoms. The number of aryl methyl sites for hydroxylation is 1. The number of nitrogens with zero attached hydrogens (tertiary/aromatic N) is 3. The van der Waals surface area contributed by atoms with Gasteiger partial charge < -0.3 is 14.2 Å². The summed E-state index contributed by atoms with van der Waals surface area (Å²) in [6.45, 7) is 2.57. The SMILES string of the molecule is CN1C(C2=C(C3=Cc4oc5c6c(ccc5c4CC3)N(C3CC=CCC3)C3CC=CCC63)CCC(C3=CC(C4CC=CCC4)=C(C4(C)CC=CCC4)CC3)=C2)=NC(C2=CC=CCC2)NC1C1=CCCC#C1. The number of likely N-dealkylation sites (N-methyl/N-ethyl adjacent to an activating group) is 1. The van der Waals surface area contributed by atoms with Gasteiger partial charge in [0.05, 0.1) is 0 Å². The molecule has 9 aliphatic carbocycles. The van der Waals surface area contributed by atoms with Crippen LogP contribution >= 0.6 is 0 Å². The fourth-order valence-corrected chi connectivity index (χ4v) is 14.8. The Labute approximate surface area is 417 Å². The first-order valence-corrected chi connectivity index (χ1v) is 27.7. The number of benzene rings is 1. The number of anilines is 1. The van der Waals surface area contributed by atoms with E-state index in [-0.39, 0.29) is 17.7 Å². The van der Waals surface area contributed by atoms with Gasteiger partial charge in [-0.15, -0.1) is 0 Å². The molecule has 0 fully saturated rings. The Hall–Kier alpha value is -5.57. The molecule has 0 saturated carbocycles. The molecule has 0 saturated heterocycles. The minimum Gasteiger partial charge on any atom is -0.456 e. The largest absolute Gasteiger partial charge is 0.456 e. The van der Waals surface area contributed by atoms with E-state index in [0.29, 0.717) is 23.9 Å². The molecule has 1 aromatic heterocycles. The van der Waals surface area contributed by atoms with E-state index < -0.39 is 0 Å². The molecule has 3 heterocycles. The monoisotopic (exact) mass is 925 g/mol. The summed E-state index contributed by atoms with van der Waals surface area (Å²) in [5.41, 5.74) is 18.9. The summed E-state index contributed by atoms with van der Waals surface area (Å²) >= 11 is 0. The van der Waals surface area contributed by atoms with Gasteiger partial charge in [-0.2, -0.15) is 0 Å². The van der Waals surface area contributed by atoms with Crippen LogP contribution in [-0.2, 0) is 6.42 Å². The normalized spacial score (nSPS) is 31.6. The van der Waals surface area contributed by atoms with Gasteiger partial charge in [0.15, 0.2) is 0 Å². The van der Waals surface area contributed by atoms with E-state index in [4.69, 9.17) is 9.41 Å². The fourth-order valence-electron chi connectivity index (χ4n) is 14.8. The number of allylic oxidation sites excluding steroid dienone is 17. The van der Waals surface area contributed by atoms with Crippen LogP contribution in [0.5, 0.6) is 0 Å². The lowest BCUT2D eigenvalue weighted by Crippen LogP contribution is -2.56. The van der Waals surface area contributed by atoms with Crippen LogP contribution in [0.1, 0.15) is 158 Å². The highest BCUT2D eigenvalue weighted by atomic mass is 16.3. The van der Waals surface area contributed by atoms with Crippen molar-refractivity contribution in [1.82, 2.24) is 10.2 Å². The van der Waals surface area contributed by atoms with Crippen LogP contribution < -0.4 is 10.2 Å². The van der Waals surface area contributed by atoms with Gasteiger partial charge in [-0.25, -0.2) is 4.99 Å². The Morgan fingerprint density at radius 2 is 1.61 bits per heavy atom. The molecule has 2 aliphatic heterocycles. The molecule has 0 amide bonds. The number of hydrogen-bond acceptors (Lipinski definition) is 5. The first kappa shape index (κ1) is 44.4. The Morgan fingerprint density at radius 3 is 2.43 bits per heavy atom. The van der Waals surface area contributed by atoms with Crippen LogP contribution in [0.25, 0.3) is 17.0 Å². The first-order chi connectivity index (χ1) is 34.5. The van der Waals surface area contributed by atoms with Crippen LogP contribution in [0, 0.1) is 23.2 Å². The Morgan fingerprint density at radius 1 is 0.771 bits per heavy atom. The summed E-state index contributed by atoms with van der Waals surface area (Å²) in [5, 5.41) is 5.35. The van der Waals surface area contributed by atoms with Gasteiger partial charge in [-0.1, -0.05) is 103 Å². The molecular weight excluding hydrogens is 853 g/mol. The maximum Gasteiger partial charge on any atom is 0.140 e. The number of hydrogen-bond donors (Lipinski definition) is 1. The lowest BCUT2D eigenvalue weighted by Gasteiger charge is -2.42. The molecule has 11 aliphatic rings. The summed E-state index contributed by atoms with van der Waals surface area (Å²) in [6, 6.07) is 5.97. The molecule has 2 aromatic rings. The van der Waals surface area contributed by atoms with Crippen molar-refractivity contribution in [2.45, 2.75) is 172 Å². The van der Waals surface area contributed by atoms with Crippen LogP contribution in [0.2, 0.25) is 0 Å². The summed E-state index contributed by atoms with van der Waals surface area (Å²) in [4.78, 5) is 11.1. The van der Waals surface area contributed by atoms with Gasteiger partial charge >= 0.3 is 0 Å². The van der Waals surface area contributed by atoms with Crippen LogP contribution in [-0.4, -0.2) is 42.2 Å². The highest BCUT2D eigenvalue weighted by Gasteiger charge is 2.44. The fraction of sp³-hybridized carbons (Fsp3) is 0.462. The molecule has 0 radical (unpaired) electrons. The van der Waals surface area contributed by atoms with Gasteiger partial charge in [0.25, 0.3) is 0 Å². The van der Waals surface area contributed by atoms with E-state index in [0.717, 1.165) is 94.2 Å². The van der Waals surface area contributed by atoms with Crippen LogP contribution in [0.15, 0.2) is 157 Å². The maximum atomic E-state index is 7.30. The minimum absolute atomic E-state index is 0.0488. The van der Waals surface area contributed by atoms with Crippen molar-refractivity contribution in [3.05, 3.63) is 164 Å². The molecule has 13 rings (SSSR count). The van der Waals surface area contributed by atoms with Gasteiger partial charge in [0.1, 0.15) is 29.5 Å². The zero-order valence-corrected chi connectivity index (χ0v) is 41.9. The zero-order chi connectivity index (χ0) is 46.8. The molecule has 5 nitrogen and oxygen atoms in total. The number of amidine groups is 1. The van der Waals surface area contributed by atoms with E-state index in [9.17, 15) is 0 Å². The van der Waals surface area contributed by atoms with Crippen molar-refractivity contribution in [3.63, 3.8) is 0 Å². The Bertz CT molecular complexity index is 2980. The highest BCUT2D eigenvalue weighted by molar-refractivity contribution is 6.04. The van der Waals surface area contributed by atoms with Gasteiger partial charge in [0.2, 0.25) is 0 Å². The van der Waals surface area contributed by atoms with Crippen LogP contribution in [0.3, 0.4) is 0 Å². The molecule has 0 spiro atoms. The number of fused-ring (bicyclic) bond motifs is 7. The smallest absolute Gasteiger partial charge is 0.140 e. The van der Waals surface area contributed by atoms with Gasteiger partial charge in [-0.3, -0.25) is 5.32 Å². The quantitative estimate of drug-likeness (QED) is 0.212. The predicted octanol–water partition coefficient (Wildman–Crippen LogP) is 15.2. The molecule has 358 valence electrons. The van der Waals surface area contributed by atoms with Crippen molar-refractivity contribution in [3.8, 4) is 11.8 Å². The minimum atomic E-state index is -0.110. The zero-order valence-electron chi connectivity index (χ0n) is 41.9. The van der Waals surface area contributed by atoms with E-state index in [2.05, 4.69) is 144 Å². The van der Waals surface area contributed by atoms with Crippen molar-refractivity contribution in [2.24, 2.45) is 16.3 Å². The summed E-state index contributed by atoms with van der Waals surface area (Å²) in [5.74, 6) is 10.3. The van der Waals surface area contributed by atoms with E-state index in [1.807, 2.05) is 0 Å². The average Bonchev–Trinajstić information content (AvgIpc) is 3.97. The number of rotatable bonds is 8. The number of furan rings is 1. The molecular formula is C65H72N4O. The van der Waals surface area contributed by atoms with Crippen molar-refractivity contribution in [2.75, 3.05) is 11.9 Å². The molecule has 1 N–H and O–H groups in total. The molecule has 5 heteroatoms. The van der Waals surface area contributed by atoms with Gasteiger partial charge in [-0.05, 0) is 197 Å². The predicted molar refractivity (Wildman–Crippen MR) is 290 cm³/mol. The van der Waals surface area contributed by atoms with Gasteiger partial charge in [0, 0.05) is 64.8 Å². The third kappa shape index (κ3) is 7.83. The lowest BCUT2D eigenvalue weighted by atomic mass is 9.65. The van der Waals surface area contributed by atoms with E-state index >= 15 is 0 Å². The second-order valence-electron chi connectivity index (χ2n) is 22.6. The van der Waals surface area contributed by atoms with E-state index in [1.54, 1.807) is 16.7 Å². The second-order valence-corrected chi connectivity index (χ2v) is 22.6. The number of aliphatic imine (C=N–C) groups is 1. The standard InChI is InChI=1S/C65H72N4O/c1-65(38-18-7-19-39-65)56-36-32-47(40-54(56)43-20-8-3-9-21-43)46-30-33-50(55(41-46)64-67-62(44-22-10-4-11-23-44)66-63(68(64)2)45-24-12-5-13-25-45)48-31-34-51-52-35-37-58-60(61(52)70-59(51)42-48)53-28-16-17-29-57(53)69(58)49-26-14-6-15-27-49/h3-4,6-8,10,14,16-18,22,24,35,37,40-43,49,53,57,62-63,66H,5,9,11-12,15,19-21,23,26-34,36,38-39H2,1-2H3. The lowest BCUT2D eigenvalue weighted by molar-refractivity contribution is 0.302. The summed E-state index contributed by atoms with van der Waals surface area (Å²) in [7, 11) is 2.27. The summed E-state index contributed by atoms with van der Waals surface area (Å²) < 4.78 is 7.30. The third-order valence-electron chi connectivity index (χ3n) is 18.5. The molecule has 7 atom stereocenters. The first-order valence-electron chi connectivity index (χ1n) is 27.7. The second kappa shape index (κ2) is 18.6. The van der Waals surface area contributed by atoms with Crippen molar-refractivity contribution >= 4 is 28.6 Å². The highest BCUT2D eigenvalue weighted by Crippen LogP contribution is 2.54. The Kier molecular flexibility index (Phi) is 11.8. The van der Waals surface area contributed by atoms with Crippen molar-refractivity contribution < 1.29 is 4.42 Å².